The molecule has 6 heteroatoms. The Labute approximate surface area is 116 Å². The van der Waals surface area contributed by atoms with Crippen LogP contribution in [-0.2, 0) is 0 Å². The summed E-state index contributed by atoms with van der Waals surface area (Å²) in [6.07, 6.45) is 0.772. The third-order valence-electron chi connectivity index (χ3n) is 2.90. The minimum absolute atomic E-state index is 0.218. The van der Waals surface area contributed by atoms with E-state index in [1.807, 2.05) is 0 Å². The number of benzene rings is 1. The largest absolute Gasteiger partial charge is 0.389 e. The molecule has 2 rings (SSSR count). The van der Waals surface area contributed by atoms with Crippen molar-refractivity contribution < 1.29 is 14.3 Å². The van der Waals surface area contributed by atoms with Crippen molar-refractivity contribution in [1.29, 1.82) is 0 Å². The smallest absolute Gasteiger partial charge is 0.273 e. The number of hydrogen-bond donors (Lipinski definition) is 1. The second-order valence-corrected chi connectivity index (χ2v) is 4.72. The van der Waals surface area contributed by atoms with Crippen molar-refractivity contribution in [3.8, 4) is 5.69 Å². The molecule has 5 nitrogen and oxygen atoms in total. The first-order chi connectivity index (χ1) is 9.40. The van der Waals surface area contributed by atoms with Crippen molar-refractivity contribution >= 4 is 5.91 Å². The SMILES string of the molecule is C[C@@H](O)c1cc(F)ccc1-n1ccc(C(=O)N(C)C)n1. The van der Waals surface area contributed by atoms with Crippen LogP contribution in [0, 0.1) is 5.82 Å². The van der Waals surface area contributed by atoms with Gasteiger partial charge in [-0.2, -0.15) is 5.10 Å². The van der Waals surface area contributed by atoms with E-state index in [1.165, 1.54) is 27.8 Å². The molecule has 1 heterocycles. The summed E-state index contributed by atoms with van der Waals surface area (Å²) in [4.78, 5) is 13.2. The number of nitrogens with zero attached hydrogens (tertiary/aromatic N) is 3. The van der Waals surface area contributed by atoms with Gasteiger partial charge in [0.05, 0.1) is 11.8 Å². The highest BCUT2D eigenvalue weighted by atomic mass is 19.1. The number of aliphatic hydroxyl groups is 1. The molecule has 0 fully saturated rings. The average Bonchev–Trinajstić information content (AvgIpc) is 2.86. The van der Waals surface area contributed by atoms with E-state index < -0.39 is 11.9 Å². The number of amides is 1. The predicted octanol–water partition coefficient (Wildman–Crippen LogP) is 1.77. The standard InChI is InChI=1S/C14H16FN3O2/c1-9(19)11-8-10(15)4-5-13(11)18-7-6-12(16-18)14(20)17(2)3/h4-9,19H,1-3H3/t9-/m1/s1. The van der Waals surface area contributed by atoms with Gasteiger partial charge in [-0.1, -0.05) is 0 Å². The van der Waals surface area contributed by atoms with Crippen molar-refractivity contribution in [1.82, 2.24) is 14.7 Å². The molecular weight excluding hydrogens is 261 g/mol. The molecule has 1 aromatic heterocycles. The average molecular weight is 277 g/mol. The highest BCUT2D eigenvalue weighted by Gasteiger charge is 2.15. The number of aliphatic hydroxyl groups excluding tert-OH is 1. The van der Waals surface area contributed by atoms with E-state index >= 15 is 0 Å². The predicted molar refractivity (Wildman–Crippen MR) is 72.2 cm³/mol. The first kappa shape index (κ1) is 14.2. The zero-order chi connectivity index (χ0) is 14.9. The summed E-state index contributed by atoms with van der Waals surface area (Å²) in [6, 6.07) is 5.65. The van der Waals surface area contributed by atoms with Gasteiger partial charge in [-0.3, -0.25) is 4.79 Å². The minimum Gasteiger partial charge on any atom is -0.389 e. The van der Waals surface area contributed by atoms with Crippen LogP contribution in [-0.4, -0.2) is 39.8 Å². The zero-order valence-electron chi connectivity index (χ0n) is 11.5. The normalized spacial score (nSPS) is 12.2. The van der Waals surface area contributed by atoms with Gasteiger partial charge in [0.15, 0.2) is 5.69 Å². The Morgan fingerprint density at radius 3 is 2.70 bits per heavy atom. The van der Waals surface area contributed by atoms with Crippen LogP contribution in [0.1, 0.15) is 29.1 Å². The molecule has 106 valence electrons. The van der Waals surface area contributed by atoms with E-state index in [0.717, 1.165) is 0 Å². The van der Waals surface area contributed by atoms with Gasteiger partial charge >= 0.3 is 0 Å². The molecule has 1 N–H and O–H groups in total. The summed E-state index contributed by atoms with van der Waals surface area (Å²) in [5, 5.41) is 13.9. The molecule has 0 aliphatic heterocycles. The molecular formula is C14H16FN3O2. The second-order valence-electron chi connectivity index (χ2n) is 4.72. The molecule has 0 unspecified atom stereocenters. The maximum absolute atomic E-state index is 13.3. The molecule has 0 aliphatic rings. The van der Waals surface area contributed by atoms with Gasteiger partial charge in [0, 0.05) is 25.9 Å². The van der Waals surface area contributed by atoms with Gasteiger partial charge < -0.3 is 10.0 Å². The van der Waals surface area contributed by atoms with E-state index in [4.69, 9.17) is 0 Å². The Bertz CT molecular complexity index is 635. The summed E-state index contributed by atoms with van der Waals surface area (Å²) in [7, 11) is 3.28. The van der Waals surface area contributed by atoms with Gasteiger partial charge in [0.1, 0.15) is 5.82 Å². The topological polar surface area (TPSA) is 58.4 Å². The van der Waals surface area contributed by atoms with E-state index in [0.29, 0.717) is 11.3 Å². The summed E-state index contributed by atoms with van der Waals surface area (Å²) in [5.41, 5.74) is 1.24. The Hall–Kier alpha value is -2.21. The van der Waals surface area contributed by atoms with Crippen LogP contribution >= 0.6 is 0 Å². The summed E-state index contributed by atoms with van der Waals surface area (Å²) in [5.74, 6) is -0.647. The Morgan fingerprint density at radius 1 is 1.40 bits per heavy atom. The first-order valence-corrected chi connectivity index (χ1v) is 6.15. The van der Waals surface area contributed by atoms with Gasteiger partial charge in [-0.25, -0.2) is 9.07 Å². The summed E-state index contributed by atoms with van der Waals surface area (Å²) >= 11 is 0. The summed E-state index contributed by atoms with van der Waals surface area (Å²) < 4.78 is 14.7. The van der Waals surface area contributed by atoms with Crippen LogP contribution in [0.4, 0.5) is 4.39 Å². The second kappa shape index (κ2) is 5.42. The lowest BCUT2D eigenvalue weighted by molar-refractivity contribution is 0.0821. The first-order valence-electron chi connectivity index (χ1n) is 6.15. The number of halogens is 1. The van der Waals surface area contributed by atoms with E-state index in [-0.39, 0.29) is 11.6 Å². The lowest BCUT2D eigenvalue weighted by Crippen LogP contribution is -2.22. The maximum Gasteiger partial charge on any atom is 0.273 e. The van der Waals surface area contributed by atoms with Gasteiger partial charge in [0.2, 0.25) is 0 Å². The molecule has 20 heavy (non-hydrogen) atoms. The van der Waals surface area contributed by atoms with Crippen molar-refractivity contribution in [3.63, 3.8) is 0 Å². The maximum atomic E-state index is 13.3. The fourth-order valence-corrected chi connectivity index (χ4v) is 1.87. The van der Waals surface area contributed by atoms with Crippen molar-refractivity contribution in [3.05, 3.63) is 47.5 Å². The third kappa shape index (κ3) is 2.70. The van der Waals surface area contributed by atoms with Crippen molar-refractivity contribution in [2.45, 2.75) is 13.0 Å². The fraction of sp³-hybridized carbons (Fsp3) is 0.286. The molecule has 0 bridgehead atoms. The van der Waals surface area contributed by atoms with Crippen LogP contribution in [0.15, 0.2) is 30.5 Å². The Kier molecular flexibility index (Phi) is 3.85. The van der Waals surface area contributed by atoms with Crippen LogP contribution in [0.3, 0.4) is 0 Å². The fourth-order valence-electron chi connectivity index (χ4n) is 1.87. The number of carbonyl (C=O) groups excluding carboxylic acids is 1. The molecule has 0 saturated heterocycles. The summed E-state index contributed by atoms with van der Waals surface area (Å²) in [6.45, 7) is 1.55. The number of aromatic nitrogens is 2. The van der Waals surface area contributed by atoms with E-state index in [9.17, 15) is 14.3 Å². The molecule has 0 spiro atoms. The van der Waals surface area contributed by atoms with Gasteiger partial charge in [-0.15, -0.1) is 0 Å². The van der Waals surface area contributed by atoms with E-state index in [2.05, 4.69) is 5.10 Å². The van der Waals surface area contributed by atoms with Gasteiger partial charge in [0.25, 0.3) is 5.91 Å². The Balaban J connectivity index is 2.45. The third-order valence-corrected chi connectivity index (χ3v) is 2.90. The highest BCUT2D eigenvalue weighted by Crippen LogP contribution is 2.22. The molecule has 2 aromatic rings. The zero-order valence-corrected chi connectivity index (χ0v) is 11.5. The number of rotatable bonds is 3. The van der Waals surface area contributed by atoms with Gasteiger partial charge in [-0.05, 0) is 31.2 Å². The molecule has 0 aliphatic carbocycles. The Morgan fingerprint density at radius 2 is 2.10 bits per heavy atom. The molecule has 1 amide bonds. The quantitative estimate of drug-likeness (QED) is 0.930. The van der Waals surface area contributed by atoms with Crippen molar-refractivity contribution in [2.24, 2.45) is 0 Å². The number of hydrogen-bond acceptors (Lipinski definition) is 3. The van der Waals surface area contributed by atoms with E-state index in [1.54, 1.807) is 33.3 Å². The number of carbonyl (C=O) groups is 1. The highest BCUT2D eigenvalue weighted by molar-refractivity contribution is 5.91. The van der Waals surface area contributed by atoms with Crippen LogP contribution < -0.4 is 0 Å². The van der Waals surface area contributed by atoms with Crippen molar-refractivity contribution in [2.75, 3.05) is 14.1 Å². The molecule has 0 saturated carbocycles. The lowest BCUT2D eigenvalue weighted by atomic mass is 10.1. The molecule has 1 atom stereocenters. The lowest BCUT2D eigenvalue weighted by Gasteiger charge is -2.12. The monoisotopic (exact) mass is 277 g/mol. The molecule has 1 aromatic carbocycles. The van der Waals surface area contributed by atoms with Crippen LogP contribution in [0.5, 0.6) is 0 Å². The molecule has 0 radical (unpaired) electrons. The van der Waals surface area contributed by atoms with Crippen LogP contribution in [0.25, 0.3) is 5.69 Å². The minimum atomic E-state index is -0.835. The van der Waals surface area contributed by atoms with Crippen LogP contribution in [0.2, 0.25) is 0 Å².